The van der Waals surface area contributed by atoms with Crippen LogP contribution in [0.4, 0.5) is 5.69 Å². The number of hydrogen-bond donors (Lipinski definition) is 0. The molecule has 0 N–H and O–H groups in total. The van der Waals surface area contributed by atoms with E-state index in [1.54, 1.807) is 42.5 Å². The molecule has 0 aliphatic rings. The first-order valence-corrected chi connectivity index (χ1v) is 8.81. The lowest BCUT2D eigenvalue weighted by molar-refractivity contribution is 0.103. The van der Waals surface area contributed by atoms with Crippen molar-refractivity contribution in [1.82, 2.24) is 9.97 Å². The molecule has 0 bridgehead atoms. The first-order chi connectivity index (χ1) is 14.0. The second-order valence-electron chi connectivity index (χ2n) is 6.39. The van der Waals surface area contributed by atoms with Gasteiger partial charge in [0.2, 0.25) is 5.78 Å². The standard InChI is InChI=1S/C23H17N5O/c1-28(2)18-11-8-16(9-12-18)10-13-19-22(23(29)17-6-4-3-5-7-17)27-21(15-25)20(14-24)26-19/h3-13H,1-2H3/b13-10+. The molecule has 6 heteroatoms. The number of carbonyl (C=O) groups excluding carboxylic acids is 1. The predicted molar refractivity (Wildman–Crippen MR) is 111 cm³/mol. The van der Waals surface area contributed by atoms with E-state index in [0.717, 1.165) is 11.3 Å². The Hall–Kier alpha value is -4.29. The van der Waals surface area contributed by atoms with E-state index in [9.17, 15) is 15.3 Å². The summed E-state index contributed by atoms with van der Waals surface area (Å²) in [5.74, 6) is -0.360. The largest absolute Gasteiger partial charge is 0.378 e. The van der Waals surface area contributed by atoms with Crippen molar-refractivity contribution in [2.24, 2.45) is 0 Å². The lowest BCUT2D eigenvalue weighted by Gasteiger charge is -2.11. The molecule has 6 nitrogen and oxygen atoms in total. The fourth-order valence-corrected chi connectivity index (χ4v) is 2.67. The Balaban J connectivity index is 2.05. The first kappa shape index (κ1) is 19.5. The Morgan fingerprint density at radius 3 is 2.10 bits per heavy atom. The fraction of sp³-hybridized carbons (Fsp3) is 0.0870. The molecule has 0 atom stereocenters. The summed E-state index contributed by atoms with van der Waals surface area (Å²) in [6, 6.07) is 20.2. The van der Waals surface area contributed by atoms with Gasteiger partial charge < -0.3 is 4.90 Å². The molecule has 0 radical (unpaired) electrons. The molecular weight excluding hydrogens is 362 g/mol. The zero-order chi connectivity index (χ0) is 20.8. The highest BCUT2D eigenvalue weighted by atomic mass is 16.1. The van der Waals surface area contributed by atoms with Crippen molar-refractivity contribution in [2.75, 3.05) is 19.0 Å². The highest BCUT2D eigenvalue weighted by Crippen LogP contribution is 2.18. The monoisotopic (exact) mass is 379 g/mol. The van der Waals surface area contributed by atoms with Crippen LogP contribution in [0.15, 0.2) is 54.6 Å². The molecule has 0 fully saturated rings. The van der Waals surface area contributed by atoms with E-state index in [-0.39, 0.29) is 28.6 Å². The van der Waals surface area contributed by atoms with Gasteiger partial charge in [-0.1, -0.05) is 48.5 Å². The van der Waals surface area contributed by atoms with Crippen molar-refractivity contribution < 1.29 is 4.79 Å². The maximum atomic E-state index is 12.9. The van der Waals surface area contributed by atoms with E-state index < -0.39 is 0 Å². The molecular formula is C23H17N5O. The smallest absolute Gasteiger partial charge is 0.213 e. The van der Waals surface area contributed by atoms with Crippen LogP contribution in [0.5, 0.6) is 0 Å². The summed E-state index contributed by atoms with van der Waals surface area (Å²) in [6.07, 6.45) is 3.42. The van der Waals surface area contributed by atoms with Crippen LogP contribution in [0.3, 0.4) is 0 Å². The van der Waals surface area contributed by atoms with Crippen LogP contribution in [0.1, 0.15) is 38.7 Å². The number of benzene rings is 2. The third kappa shape index (κ3) is 4.35. The quantitative estimate of drug-likeness (QED) is 0.628. The molecule has 1 heterocycles. The van der Waals surface area contributed by atoms with Gasteiger partial charge in [-0.25, -0.2) is 9.97 Å². The lowest BCUT2D eigenvalue weighted by Crippen LogP contribution is -2.11. The zero-order valence-corrected chi connectivity index (χ0v) is 16.0. The van der Waals surface area contributed by atoms with Crippen LogP contribution in [-0.4, -0.2) is 29.8 Å². The Morgan fingerprint density at radius 2 is 1.52 bits per heavy atom. The predicted octanol–water partition coefficient (Wildman–Crippen LogP) is 3.69. The number of aromatic nitrogens is 2. The Bertz CT molecular complexity index is 1150. The molecule has 140 valence electrons. The van der Waals surface area contributed by atoms with E-state index in [0.29, 0.717) is 5.56 Å². The maximum Gasteiger partial charge on any atom is 0.213 e. The van der Waals surface area contributed by atoms with Gasteiger partial charge in [-0.3, -0.25) is 4.79 Å². The molecule has 0 aliphatic carbocycles. The molecule has 0 saturated carbocycles. The van der Waals surface area contributed by atoms with Crippen molar-refractivity contribution in [3.05, 3.63) is 88.5 Å². The van der Waals surface area contributed by atoms with Crippen LogP contribution in [0.25, 0.3) is 12.2 Å². The van der Waals surface area contributed by atoms with Gasteiger partial charge in [0.05, 0.1) is 5.69 Å². The number of anilines is 1. The average Bonchev–Trinajstić information content (AvgIpc) is 2.77. The molecule has 0 amide bonds. The van der Waals surface area contributed by atoms with E-state index in [1.165, 1.54) is 0 Å². The van der Waals surface area contributed by atoms with Crippen LogP contribution in [0, 0.1) is 22.7 Å². The minimum Gasteiger partial charge on any atom is -0.378 e. The van der Waals surface area contributed by atoms with Crippen molar-refractivity contribution in [2.45, 2.75) is 0 Å². The maximum absolute atomic E-state index is 12.9. The Labute approximate surface area is 169 Å². The second kappa shape index (κ2) is 8.60. The number of carbonyl (C=O) groups is 1. The normalized spacial score (nSPS) is 10.3. The Kier molecular flexibility index (Phi) is 5.77. The number of nitriles is 2. The van der Waals surface area contributed by atoms with E-state index in [4.69, 9.17) is 0 Å². The summed E-state index contributed by atoms with van der Waals surface area (Å²) in [5.41, 5.74) is 2.39. The molecule has 1 aromatic heterocycles. The first-order valence-electron chi connectivity index (χ1n) is 8.81. The van der Waals surface area contributed by atoms with Gasteiger partial charge in [-0.05, 0) is 23.8 Å². The third-order valence-corrected chi connectivity index (χ3v) is 4.23. The molecule has 3 aromatic rings. The average molecular weight is 379 g/mol. The fourth-order valence-electron chi connectivity index (χ4n) is 2.67. The SMILES string of the molecule is CN(C)c1ccc(/C=C/c2nc(C#N)c(C#N)nc2C(=O)c2ccccc2)cc1. The Morgan fingerprint density at radius 1 is 0.897 bits per heavy atom. The summed E-state index contributed by atoms with van der Waals surface area (Å²) in [6.45, 7) is 0. The molecule has 29 heavy (non-hydrogen) atoms. The van der Waals surface area contributed by atoms with Crippen molar-refractivity contribution in [3.63, 3.8) is 0 Å². The summed E-state index contributed by atoms with van der Waals surface area (Å²) in [4.78, 5) is 23.3. The minimum absolute atomic E-state index is 0.0351. The van der Waals surface area contributed by atoms with Gasteiger partial charge >= 0.3 is 0 Å². The van der Waals surface area contributed by atoms with Gasteiger partial charge in [-0.2, -0.15) is 10.5 Å². The molecule has 0 aliphatic heterocycles. The van der Waals surface area contributed by atoms with E-state index in [1.807, 2.05) is 55.4 Å². The number of hydrogen-bond acceptors (Lipinski definition) is 6. The van der Waals surface area contributed by atoms with Crippen LogP contribution >= 0.6 is 0 Å². The molecule has 0 unspecified atom stereocenters. The van der Waals surface area contributed by atoms with Gasteiger partial charge in [0.1, 0.15) is 17.8 Å². The highest BCUT2D eigenvalue weighted by molar-refractivity contribution is 6.09. The molecule has 3 rings (SSSR count). The van der Waals surface area contributed by atoms with Crippen molar-refractivity contribution in [3.8, 4) is 12.1 Å². The van der Waals surface area contributed by atoms with Gasteiger partial charge in [-0.15, -0.1) is 0 Å². The highest BCUT2D eigenvalue weighted by Gasteiger charge is 2.19. The number of nitrogens with zero attached hydrogens (tertiary/aromatic N) is 5. The second-order valence-corrected chi connectivity index (χ2v) is 6.39. The molecule has 0 spiro atoms. The van der Waals surface area contributed by atoms with Gasteiger partial charge in [0.15, 0.2) is 11.4 Å². The van der Waals surface area contributed by atoms with Gasteiger partial charge in [0.25, 0.3) is 0 Å². The topological polar surface area (TPSA) is 93.7 Å². The minimum atomic E-state index is -0.360. The van der Waals surface area contributed by atoms with Gasteiger partial charge in [0, 0.05) is 25.3 Å². The number of ketones is 1. The van der Waals surface area contributed by atoms with Crippen molar-refractivity contribution >= 4 is 23.6 Å². The molecule has 2 aromatic carbocycles. The van der Waals surface area contributed by atoms with Crippen LogP contribution in [-0.2, 0) is 0 Å². The van der Waals surface area contributed by atoms with E-state index >= 15 is 0 Å². The summed E-state index contributed by atoms with van der Waals surface area (Å²) < 4.78 is 0. The lowest BCUT2D eigenvalue weighted by atomic mass is 10.0. The summed E-state index contributed by atoms with van der Waals surface area (Å²) in [5, 5.41) is 18.5. The molecule has 0 saturated heterocycles. The summed E-state index contributed by atoms with van der Waals surface area (Å²) >= 11 is 0. The van der Waals surface area contributed by atoms with Crippen LogP contribution < -0.4 is 4.90 Å². The van der Waals surface area contributed by atoms with Crippen molar-refractivity contribution in [1.29, 1.82) is 10.5 Å². The third-order valence-electron chi connectivity index (χ3n) is 4.23. The zero-order valence-electron chi connectivity index (χ0n) is 16.0. The van der Waals surface area contributed by atoms with E-state index in [2.05, 4.69) is 9.97 Å². The number of rotatable bonds is 5. The van der Waals surface area contributed by atoms with Crippen LogP contribution in [0.2, 0.25) is 0 Å². The summed E-state index contributed by atoms with van der Waals surface area (Å²) in [7, 11) is 3.92.